The van der Waals surface area contributed by atoms with E-state index < -0.39 is 0 Å². The van der Waals surface area contributed by atoms with E-state index in [-0.39, 0.29) is 11.9 Å². The van der Waals surface area contributed by atoms with E-state index in [4.69, 9.17) is 4.52 Å². The van der Waals surface area contributed by atoms with Gasteiger partial charge >= 0.3 is 0 Å². The highest BCUT2D eigenvalue weighted by Crippen LogP contribution is 2.34. The van der Waals surface area contributed by atoms with Crippen molar-refractivity contribution in [1.29, 1.82) is 0 Å². The van der Waals surface area contributed by atoms with E-state index in [0.717, 1.165) is 61.5 Å². The highest BCUT2D eigenvalue weighted by Gasteiger charge is 2.32. The number of nitrogens with zero attached hydrogens (tertiary/aromatic N) is 3. The van der Waals surface area contributed by atoms with Crippen LogP contribution in [-0.4, -0.2) is 46.5 Å². The maximum absolute atomic E-state index is 12.9. The fourth-order valence-electron chi connectivity index (χ4n) is 4.56. The van der Waals surface area contributed by atoms with Gasteiger partial charge in [0.25, 0.3) is 0 Å². The van der Waals surface area contributed by atoms with E-state index in [1.54, 1.807) is 0 Å². The largest absolute Gasteiger partial charge is 0.360 e. The van der Waals surface area contributed by atoms with Gasteiger partial charge in [0.1, 0.15) is 11.5 Å². The number of hydrogen-bond donors (Lipinski definition) is 0. The molecule has 2 aliphatic rings. The molecule has 1 saturated heterocycles. The molecule has 2 aliphatic heterocycles. The highest BCUT2D eigenvalue weighted by molar-refractivity contribution is 5.96. The van der Waals surface area contributed by atoms with E-state index in [2.05, 4.69) is 52.5 Å². The number of carbonyl (C=O) groups is 1. The van der Waals surface area contributed by atoms with Crippen molar-refractivity contribution in [1.82, 2.24) is 15.0 Å². The van der Waals surface area contributed by atoms with E-state index in [1.165, 1.54) is 10.8 Å². The third kappa shape index (κ3) is 2.90. The molecule has 28 heavy (non-hydrogen) atoms. The maximum Gasteiger partial charge on any atom is 0.239 e. The summed E-state index contributed by atoms with van der Waals surface area (Å²) in [4.78, 5) is 17.2. The molecule has 5 heteroatoms. The molecule has 0 spiro atoms. The zero-order valence-corrected chi connectivity index (χ0v) is 16.2. The lowest BCUT2D eigenvalue weighted by Crippen LogP contribution is -2.47. The quantitative estimate of drug-likeness (QED) is 0.697. The van der Waals surface area contributed by atoms with Crippen LogP contribution in [0.15, 0.2) is 47.0 Å². The number of hydrogen-bond acceptors (Lipinski definition) is 4. The van der Waals surface area contributed by atoms with Crippen molar-refractivity contribution in [2.75, 3.05) is 19.6 Å². The minimum absolute atomic E-state index is 0.110. The molecule has 0 aliphatic carbocycles. The summed E-state index contributed by atoms with van der Waals surface area (Å²) in [6, 6.07) is 14.5. The Hall–Kier alpha value is -2.66. The first-order valence-electron chi connectivity index (χ1n) is 10.2. The molecule has 5 rings (SSSR count). The smallest absolute Gasteiger partial charge is 0.239 e. The van der Waals surface area contributed by atoms with Gasteiger partial charge in [-0.1, -0.05) is 47.6 Å². The SMILES string of the molecule is C[C@@H](C(=O)N1CCCC1)N1CCc2onc(-c3cccc4ccccc34)c2C1. The number of fused-ring (bicyclic) bond motifs is 2. The second-order valence-electron chi connectivity index (χ2n) is 7.89. The van der Waals surface area contributed by atoms with Gasteiger partial charge < -0.3 is 9.42 Å². The molecule has 0 radical (unpaired) electrons. The molecule has 0 bridgehead atoms. The Balaban J connectivity index is 1.46. The average molecular weight is 375 g/mol. The van der Waals surface area contributed by atoms with Crippen molar-refractivity contribution >= 4 is 16.7 Å². The zero-order valence-electron chi connectivity index (χ0n) is 16.2. The lowest BCUT2D eigenvalue weighted by molar-refractivity contribution is -0.135. The lowest BCUT2D eigenvalue weighted by Gasteiger charge is -2.33. The van der Waals surface area contributed by atoms with Crippen molar-refractivity contribution in [3.05, 3.63) is 53.8 Å². The van der Waals surface area contributed by atoms with Crippen LogP contribution in [0, 0.1) is 0 Å². The van der Waals surface area contributed by atoms with Crippen molar-refractivity contribution in [3.63, 3.8) is 0 Å². The van der Waals surface area contributed by atoms with Gasteiger partial charge in [0.15, 0.2) is 0 Å². The Morgan fingerprint density at radius 3 is 2.71 bits per heavy atom. The van der Waals surface area contributed by atoms with Gasteiger partial charge in [0.2, 0.25) is 5.91 Å². The number of likely N-dealkylation sites (tertiary alicyclic amines) is 1. The van der Waals surface area contributed by atoms with Crippen molar-refractivity contribution < 1.29 is 9.32 Å². The van der Waals surface area contributed by atoms with Gasteiger partial charge in [-0.2, -0.15) is 0 Å². The van der Waals surface area contributed by atoms with Gasteiger partial charge in [-0.3, -0.25) is 9.69 Å². The van der Waals surface area contributed by atoms with Gasteiger partial charge in [-0.15, -0.1) is 0 Å². The molecule has 3 heterocycles. The molecular weight excluding hydrogens is 350 g/mol. The molecule has 5 nitrogen and oxygen atoms in total. The van der Waals surface area contributed by atoms with E-state index in [0.29, 0.717) is 6.54 Å². The van der Waals surface area contributed by atoms with Gasteiger partial charge in [0, 0.05) is 43.7 Å². The van der Waals surface area contributed by atoms with Crippen molar-refractivity contribution in [2.45, 2.75) is 38.8 Å². The Bertz CT molecular complexity index is 1010. The van der Waals surface area contributed by atoms with Crippen LogP contribution in [0.5, 0.6) is 0 Å². The molecule has 3 aromatic rings. The van der Waals surface area contributed by atoms with Crippen molar-refractivity contribution in [2.24, 2.45) is 0 Å². The second-order valence-corrected chi connectivity index (χ2v) is 7.89. The van der Waals surface area contributed by atoms with Gasteiger partial charge in [0.05, 0.1) is 6.04 Å². The van der Waals surface area contributed by atoms with Gasteiger partial charge in [-0.05, 0) is 30.5 Å². The number of aromatic nitrogens is 1. The summed E-state index contributed by atoms with van der Waals surface area (Å²) < 4.78 is 5.71. The molecule has 1 amide bonds. The van der Waals surface area contributed by atoms with E-state index >= 15 is 0 Å². The normalized spacial score (nSPS) is 18.4. The van der Waals surface area contributed by atoms with Crippen LogP contribution >= 0.6 is 0 Å². The summed E-state index contributed by atoms with van der Waals surface area (Å²) in [5.41, 5.74) is 3.14. The summed E-state index contributed by atoms with van der Waals surface area (Å²) in [5.74, 6) is 1.21. The minimum Gasteiger partial charge on any atom is -0.360 e. The molecular formula is C23H25N3O2. The third-order valence-electron chi connectivity index (χ3n) is 6.22. The molecule has 1 atom stereocenters. The Labute approximate surface area is 164 Å². The fourth-order valence-corrected chi connectivity index (χ4v) is 4.56. The summed E-state index contributed by atoms with van der Waals surface area (Å²) >= 11 is 0. The highest BCUT2D eigenvalue weighted by atomic mass is 16.5. The predicted octanol–water partition coefficient (Wildman–Crippen LogP) is 3.86. The van der Waals surface area contributed by atoms with Crippen LogP contribution in [0.1, 0.15) is 31.1 Å². The Morgan fingerprint density at radius 1 is 1.07 bits per heavy atom. The van der Waals surface area contributed by atoms with Crippen LogP contribution < -0.4 is 0 Å². The molecule has 0 saturated carbocycles. The molecule has 0 N–H and O–H groups in total. The number of benzene rings is 2. The Kier molecular flexibility index (Phi) is 4.40. The molecule has 144 valence electrons. The van der Waals surface area contributed by atoms with Crippen LogP contribution in [-0.2, 0) is 17.8 Å². The first-order valence-corrected chi connectivity index (χ1v) is 10.2. The monoisotopic (exact) mass is 375 g/mol. The average Bonchev–Trinajstić information content (AvgIpc) is 3.42. The van der Waals surface area contributed by atoms with E-state index in [1.807, 2.05) is 11.8 Å². The topological polar surface area (TPSA) is 49.6 Å². The van der Waals surface area contributed by atoms with Crippen LogP contribution in [0.25, 0.3) is 22.0 Å². The maximum atomic E-state index is 12.9. The first-order chi connectivity index (χ1) is 13.7. The number of rotatable bonds is 3. The van der Waals surface area contributed by atoms with Gasteiger partial charge in [-0.25, -0.2) is 0 Å². The fraction of sp³-hybridized carbons (Fsp3) is 0.391. The number of amides is 1. The van der Waals surface area contributed by atoms with Crippen LogP contribution in [0.4, 0.5) is 0 Å². The summed E-state index contributed by atoms with van der Waals surface area (Å²) in [6.07, 6.45) is 3.05. The molecule has 2 aromatic carbocycles. The van der Waals surface area contributed by atoms with Crippen molar-refractivity contribution in [3.8, 4) is 11.3 Å². The Morgan fingerprint density at radius 2 is 1.86 bits per heavy atom. The summed E-state index contributed by atoms with van der Waals surface area (Å²) in [5, 5.41) is 6.81. The van der Waals surface area contributed by atoms with Crippen LogP contribution in [0.2, 0.25) is 0 Å². The summed E-state index contributed by atoms with van der Waals surface area (Å²) in [7, 11) is 0. The standard InChI is InChI=1S/C23H25N3O2/c1-16(23(27)25-12-4-5-13-25)26-14-11-21-20(15-26)22(24-28-21)19-10-6-8-17-7-2-3-9-18(17)19/h2-3,6-10,16H,4-5,11-15H2,1H3/t16-/m0/s1. The van der Waals surface area contributed by atoms with E-state index in [9.17, 15) is 4.79 Å². The lowest BCUT2D eigenvalue weighted by atomic mass is 9.96. The predicted molar refractivity (Wildman–Crippen MR) is 109 cm³/mol. The van der Waals surface area contributed by atoms with Crippen LogP contribution in [0.3, 0.4) is 0 Å². The summed E-state index contributed by atoms with van der Waals surface area (Å²) in [6.45, 7) is 5.38. The third-order valence-corrected chi connectivity index (χ3v) is 6.22. The first kappa shape index (κ1) is 17.4. The number of carbonyl (C=O) groups excluding carboxylic acids is 1. The molecule has 0 unspecified atom stereocenters. The zero-order chi connectivity index (χ0) is 19.1. The minimum atomic E-state index is -0.110. The molecule has 1 aromatic heterocycles. The molecule has 1 fully saturated rings. The second kappa shape index (κ2) is 7.06.